The maximum atomic E-state index is 12.2. The number of carbonyl (C=O) groups excluding carboxylic acids is 2. The van der Waals surface area contributed by atoms with Crippen molar-refractivity contribution >= 4 is 23.3 Å². The topological polar surface area (TPSA) is 74.3 Å². The molecule has 1 aliphatic heterocycles. The number of carbonyl (C=O) groups is 2. The zero-order chi connectivity index (χ0) is 18.4. The lowest BCUT2D eigenvalue weighted by Gasteiger charge is -2.33. The smallest absolute Gasteiger partial charge is 0.227 e. The number of piperidine rings is 1. The number of anilines is 2. The van der Waals surface area contributed by atoms with Crippen molar-refractivity contribution < 1.29 is 9.59 Å². The number of hydrogen-bond donors (Lipinski definition) is 2. The molecular formula is C20H30N4O2. The summed E-state index contributed by atoms with van der Waals surface area (Å²) in [6, 6.07) is 3.85. The van der Waals surface area contributed by atoms with Gasteiger partial charge < -0.3 is 15.5 Å². The molecule has 1 unspecified atom stereocenters. The molecule has 2 heterocycles. The Morgan fingerprint density at radius 3 is 2.58 bits per heavy atom. The minimum Gasteiger partial charge on any atom is -0.356 e. The molecule has 2 aliphatic rings. The fourth-order valence-corrected chi connectivity index (χ4v) is 3.87. The largest absolute Gasteiger partial charge is 0.356 e. The molecule has 2 N–H and O–H groups in total. The highest BCUT2D eigenvalue weighted by Gasteiger charge is 2.26. The zero-order valence-corrected chi connectivity index (χ0v) is 15.7. The monoisotopic (exact) mass is 358 g/mol. The third kappa shape index (κ3) is 4.74. The summed E-state index contributed by atoms with van der Waals surface area (Å²) in [5.41, 5.74) is 0.750. The van der Waals surface area contributed by atoms with Crippen molar-refractivity contribution in [3.63, 3.8) is 0 Å². The van der Waals surface area contributed by atoms with Gasteiger partial charge in [-0.2, -0.15) is 0 Å². The number of hydrogen-bond acceptors (Lipinski definition) is 4. The van der Waals surface area contributed by atoms with Crippen molar-refractivity contribution in [2.75, 3.05) is 29.9 Å². The van der Waals surface area contributed by atoms with Crippen LogP contribution >= 0.6 is 0 Å². The molecular weight excluding hydrogens is 328 g/mol. The van der Waals surface area contributed by atoms with Crippen LogP contribution in [0.4, 0.5) is 11.5 Å². The van der Waals surface area contributed by atoms with Crippen molar-refractivity contribution in [2.24, 2.45) is 11.8 Å². The van der Waals surface area contributed by atoms with Crippen molar-refractivity contribution in [1.82, 2.24) is 10.3 Å². The highest BCUT2D eigenvalue weighted by atomic mass is 16.2. The summed E-state index contributed by atoms with van der Waals surface area (Å²) in [6.45, 7) is 4.42. The fraction of sp³-hybridized carbons (Fsp3) is 0.650. The molecule has 1 aliphatic carbocycles. The Morgan fingerprint density at radius 2 is 1.88 bits per heavy atom. The van der Waals surface area contributed by atoms with Gasteiger partial charge in [-0.05, 0) is 44.2 Å². The normalized spacial score (nSPS) is 20.8. The van der Waals surface area contributed by atoms with E-state index >= 15 is 0 Å². The first-order valence-electron chi connectivity index (χ1n) is 9.97. The van der Waals surface area contributed by atoms with E-state index in [-0.39, 0.29) is 23.7 Å². The Balaban J connectivity index is 1.55. The van der Waals surface area contributed by atoms with Gasteiger partial charge in [-0.3, -0.25) is 9.59 Å². The first-order valence-corrected chi connectivity index (χ1v) is 9.97. The van der Waals surface area contributed by atoms with Gasteiger partial charge in [0.15, 0.2) is 0 Å². The Hall–Kier alpha value is -2.11. The minimum absolute atomic E-state index is 0.0267. The Morgan fingerprint density at radius 1 is 1.12 bits per heavy atom. The van der Waals surface area contributed by atoms with Gasteiger partial charge in [0.05, 0.1) is 17.8 Å². The van der Waals surface area contributed by atoms with E-state index in [0.29, 0.717) is 6.54 Å². The first kappa shape index (κ1) is 18.7. The van der Waals surface area contributed by atoms with Crippen LogP contribution in [0.25, 0.3) is 0 Å². The summed E-state index contributed by atoms with van der Waals surface area (Å²) in [6.07, 6.45) is 8.89. The number of aromatic nitrogens is 1. The molecule has 2 amide bonds. The van der Waals surface area contributed by atoms with E-state index in [4.69, 9.17) is 0 Å². The fourth-order valence-electron chi connectivity index (χ4n) is 3.87. The third-order valence-electron chi connectivity index (χ3n) is 5.41. The highest BCUT2D eigenvalue weighted by molar-refractivity contribution is 5.92. The second-order valence-corrected chi connectivity index (χ2v) is 7.45. The third-order valence-corrected chi connectivity index (χ3v) is 5.41. The second-order valence-electron chi connectivity index (χ2n) is 7.45. The molecule has 2 fully saturated rings. The maximum Gasteiger partial charge on any atom is 0.227 e. The van der Waals surface area contributed by atoms with Crippen LogP contribution in [0.2, 0.25) is 0 Å². The Bertz CT molecular complexity index is 611. The van der Waals surface area contributed by atoms with Crippen LogP contribution in [0.3, 0.4) is 0 Å². The van der Waals surface area contributed by atoms with E-state index in [1.165, 1.54) is 0 Å². The molecule has 6 heteroatoms. The van der Waals surface area contributed by atoms with Gasteiger partial charge in [0.25, 0.3) is 0 Å². The zero-order valence-electron chi connectivity index (χ0n) is 15.7. The standard InChI is InChI=1S/C20H30N4O2/c1-2-11-21-19(25)16-8-5-12-24(14-16)18-10-9-17(13-22-18)23-20(26)15-6-3-4-7-15/h9-10,13,15-16H,2-8,11-12,14H2,1H3,(H,21,25)(H,23,26). The average molecular weight is 358 g/mol. The molecule has 1 saturated carbocycles. The molecule has 1 atom stereocenters. The van der Waals surface area contributed by atoms with Crippen molar-refractivity contribution in [1.29, 1.82) is 0 Å². The number of pyridine rings is 1. The van der Waals surface area contributed by atoms with Crippen LogP contribution < -0.4 is 15.5 Å². The lowest BCUT2D eigenvalue weighted by molar-refractivity contribution is -0.125. The molecule has 0 radical (unpaired) electrons. The molecule has 0 spiro atoms. The van der Waals surface area contributed by atoms with E-state index in [1.807, 2.05) is 12.1 Å². The Labute approximate surface area is 155 Å². The van der Waals surface area contributed by atoms with Gasteiger partial charge in [0.1, 0.15) is 5.82 Å². The molecule has 1 aromatic rings. The quantitative estimate of drug-likeness (QED) is 0.820. The predicted molar refractivity (Wildman–Crippen MR) is 103 cm³/mol. The van der Waals surface area contributed by atoms with Gasteiger partial charge >= 0.3 is 0 Å². The summed E-state index contributed by atoms with van der Waals surface area (Å²) >= 11 is 0. The van der Waals surface area contributed by atoms with Crippen LogP contribution in [0.15, 0.2) is 18.3 Å². The van der Waals surface area contributed by atoms with Gasteiger partial charge in [-0.1, -0.05) is 19.8 Å². The van der Waals surface area contributed by atoms with E-state index in [1.54, 1.807) is 6.20 Å². The van der Waals surface area contributed by atoms with Gasteiger partial charge in [-0.25, -0.2) is 4.98 Å². The van der Waals surface area contributed by atoms with Crippen LogP contribution in [-0.2, 0) is 9.59 Å². The lowest BCUT2D eigenvalue weighted by Crippen LogP contribution is -2.43. The summed E-state index contributed by atoms with van der Waals surface area (Å²) in [7, 11) is 0. The summed E-state index contributed by atoms with van der Waals surface area (Å²) in [5, 5.41) is 5.98. The second kappa shape index (κ2) is 9.01. The van der Waals surface area contributed by atoms with E-state index in [9.17, 15) is 9.59 Å². The number of rotatable bonds is 6. The molecule has 26 heavy (non-hydrogen) atoms. The highest BCUT2D eigenvalue weighted by Crippen LogP contribution is 2.27. The maximum absolute atomic E-state index is 12.2. The van der Waals surface area contributed by atoms with Gasteiger partial charge in [0.2, 0.25) is 11.8 Å². The van der Waals surface area contributed by atoms with Crippen molar-refractivity contribution in [3.05, 3.63) is 18.3 Å². The molecule has 0 bridgehead atoms. The summed E-state index contributed by atoms with van der Waals surface area (Å²) in [4.78, 5) is 31.1. The summed E-state index contributed by atoms with van der Waals surface area (Å²) in [5.74, 6) is 1.31. The van der Waals surface area contributed by atoms with Gasteiger partial charge in [-0.15, -0.1) is 0 Å². The molecule has 6 nitrogen and oxygen atoms in total. The minimum atomic E-state index is 0.0267. The van der Waals surface area contributed by atoms with Crippen molar-refractivity contribution in [3.8, 4) is 0 Å². The van der Waals surface area contributed by atoms with E-state index in [2.05, 4.69) is 27.4 Å². The first-order chi connectivity index (χ1) is 12.7. The van der Waals surface area contributed by atoms with Crippen molar-refractivity contribution in [2.45, 2.75) is 51.9 Å². The van der Waals surface area contributed by atoms with Crippen LogP contribution in [0.5, 0.6) is 0 Å². The van der Waals surface area contributed by atoms with Crippen LogP contribution in [0.1, 0.15) is 51.9 Å². The number of amides is 2. The molecule has 3 rings (SSSR count). The lowest BCUT2D eigenvalue weighted by atomic mass is 9.97. The molecule has 142 valence electrons. The molecule has 1 aromatic heterocycles. The average Bonchev–Trinajstić information content (AvgIpc) is 3.22. The number of nitrogens with zero attached hydrogens (tertiary/aromatic N) is 2. The van der Waals surface area contributed by atoms with Crippen LogP contribution in [0, 0.1) is 11.8 Å². The van der Waals surface area contributed by atoms with E-state index in [0.717, 1.165) is 69.5 Å². The van der Waals surface area contributed by atoms with E-state index < -0.39 is 0 Å². The molecule has 0 aromatic carbocycles. The Kier molecular flexibility index (Phi) is 6.47. The predicted octanol–water partition coefficient (Wildman–Crippen LogP) is 2.95. The SMILES string of the molecule is CCCNC(=O)C1CCCN(c2ccc(NC(=O)C3CCCC3)cn2)C1. The van der Waals surface area contributed by atoms with Gasteiger partial charge in [0, 0.05) is 25.6 Å². The molecule has 1 saturated heterocycles. The summed E-state index contributed by atoms with van der Waals surface area (Å²) < 4.78 is 0. The number of nitrogens with one attached hydrogen (secondary N) is 2. The van der Waals surface area contributed by atoms with Crippen LogP contribution in [-0.4, -0.2) is 36.4 Å².